The van der Waals surface area contributed by atoms with E-state index < -0.39 is 0 Å². The van der Waals surface area contributed by atoms with Gasteiger partial charge in [-0.15, -0.1) is 6.58 Å². The van der Waals surface area contributed by atoms with Crippen molar-refractivity contribution in [1.82, 2.24) is 9.78 Å². The molecule has 0 saturated heterocycles. The van der Waals surface area contributed by atoms with Gasteiger partial charge >= 0.3 is 0 Å². The van der Waals surface area contributed by atoms with Crippen molar-refractivity contribution in [2.45, 2.75) is 33.4 Å². The number of allylic oxidation sites excluding steroid dienone is 1. The fourth-order valence-electron chi connectivity index (χ4n) is 1.42. The number of hydrogen-bond acceptors (Lipinski definition) is 2. The van der Waals surface area contributed by atoms with E-state index in [4.69, 9.17) is 5.11 Å². The summed E-state index contributed by atoms with van der Waals surface area (Å²) in [6, 6.07) is 0.180. The maximum atomic E-state index is 9.09. The molecule has 1 aromatic rings. The van der Waals surface area contributed by atoms with Crippen LogP contribution in [0.15, 0.2) is 12.7 Å². The van der Waals surface area contributed by atoms with E-state index in [-0.39, 0.29) is 12.6 Å². The molecule has 0 radical (unpaired) electrons. The van der Waals surface area contributed by atoms with Gasteiger partial charge in [0.05, 0.1) is 18.3 Å². The third kappa shape index (κ3) is 1.65. The normalized spacial score (nSPS) is 12.9. The average molecular weight is 180 g/mol. The lowest BCUT2D eigenvalue weighted by Crippen LogP contribution is -2.06. The summed E-state index contributed by atoms with van der Waals surface area (Å²) in [5, 5.41) is 13.4. The second kappa shape index (κ2) is 3.75. The van der Waals surface area contributed by atoms with E-state index in [0.717, 1.165) is 17.0 Å². The van der Waals surface area contributed by atoms with E-state index in [9.17, 15) is 0 Å². The number of aromatic nitrogens is 2. The smallest absolute Gasteiger partial charge is 0.0718 e. The average Bonchev–Trinajstić information content (AvgIpc) is 2.40. The predicted octanol–water partition coefficient (Wildman–Crippen LogP) is 1.74. The molecule has 1 N–H and O–H groups in total. The van der Waals surface area contributed by atoms with E-state index in [2.05, 4.69) is 11.7 Å². The Labute approximate surface area is 78.7 Å². The highest BCUT2D eigenvalue weighted by Gasteiger charge is 2.12. The molecule has 0 spiro atoms. The standard InChI is InChI=1S/C10H16N2O/c1-5-7(2)12-9(4)10(6-13)8(3)11-12/h5,7,13H,1,6H2,2-4H3. The third-order valence-corrected chi connectivity index (χ3v) is 2.36. The lowest BCUT2D eigenvalue weighted by atomic mass is 10.2. The molecular weight excluding hydrogens is 164 g/mol. The van der Waals surface area contributed by atoms with Gasteiger partial charge < -0.3 is 5.11 Å². The summed E-state index contributed by atoms with van der Waals surface area (Å²) < 4.78 is 1.88. The van der Waals surface area contributed by atoms with Crippen LogP contribution in [0, 0.1) is 13.8 Å². The second-order valence-electron chi connectivity index (χ2n) is 3.23. The molecule has 0 amide bonds. The highest BCUT2D eigenvalue weighted by atomic mass is 16.3. The summed E-state index contributed by atoms with van der Waals surface area (Å²) in [7, 11) is 0. The molecule has 0 fully saturated rings. The van der Waals surface area contributed by atoms with E-state index in [1.165, 1.54) is 0 Å². The Balaban J connectivity index is 3.17. The molecule has 0 aliphatic rings. The van der Waals surface area contributed by atoms with E-state index in [1.807, 2.05) is 31.5 Å². The maximum absolute atomic E-state index is 9.09. The summed E-state index contributed by atoms with van der Waals surface area (Å²) in [6.07, 6.45) is 1.83. The van der Waals surface area contributed by atoms with Crippen LogP contribution in [0.1, 0.15) is 29.9 Å². The summed E-state index contributed by atoms with van der Waals surface area (Å²) in [5.41, 5.74) is 2.84. The van der Waals surface area contributed by atoms with Crippen molar-refractivity contribution in [1.29, 1.82) is 0 Å². The number of aliphatic hydroxyl groups excluding tert-OH is 1. The Kier molecular flexibility index (Phi) is 2.88. The van der Waals surface area contributed by atoms with Crippen LogP contribution in [0.5, 0.6) is 0 Å². The van der Waals surface area contributed by atoms with Gasteiger partial charge in [0, 0.05) is 11.3 Å². The van der Waals surface area contributed by atoms with Crippen LogP contribution in [0.4, 0.5) is 0 Å². The predicted molar refractivity (Wildman–Crippen MR) is 52.5 cm³/mol. The van der Waals surface area contributed by atoms with Crippen molar-refractivity contribution in [3.63, 3.8) is 0 Å². The van der Waals surface area contributed by atoms with Crippen molar-refractivity contribution in [2.75, 3.05) is 0 Å². The van der Waals surface area contributed by atoms with Gasteiger partial charge in [-0.1, -0.05) is 6.08 Å². The first-order chi connectivity index (χ1) is 6.11. The molecule has 72 valence electrons. The van der Waals surface area contributed by atoms with Gasteiger partial charge in [-0.2, -0.15) is 5.10 Å². The Hall–Kier alpha value is -1.09. The first-order valence-electron chi connectivity index (χ1n) is 4.39. The van der Waals surface area contributed by atoms with Gasteiger partial charge in [0.2, 0.25) is 0 Å². The lowest BCUT2D eigenvalue weighted by molar-refractivity contribution is 0.280. The first-order valence-corrected chi connectivity index (χ1v) is 4.39. The van der Waals surface area contributed by atoms with E-state index in [1.54, 1.807) is 0 Å². The van der Waals surface area contributed by atoms with Crippen LogP contribution in [0.25, 0.3) is 0 Å². The van der Waals surface area contributed by atoms with Crippen LogP contribution in [0.2, 0.25) is 0 Å². The summed E-state index contributed by atoms with van der Waals surface area (Å²) in [4.78, 5) is 0. The summed E-state index contributed by atoms with van der Waals surface area (Å²) >= 11 is 0. The lowest BCUT2D eigenvalue weighted by Gasteiger charge is -2.08. The molecule has 13 heavy (non-hydrogen) atoms. The molecule has 0 aromatic carbocycles. The van der Waals surface area contributed by atoms with Gasteiger partial charge in [0.1, 0.15) is 0 Å². The van der Waals surface area contributed by atoms with Crippen LogP contribution in [-0.2, 0) is 6.61 Å². The number of aryl methyl sites for hydroxylation is 1. The minimum absolute atomic E-state index is 0.0571. The number of aliphatic hydroxyl groups is 1. The maximum Gasteiger partial charge on any atom is 0.0718 e. The minimum Gasteiger partial charge on any atom is -0.392 e. The number of rotatable bonds is 3. The van der Waals surface area contributed by atoms with Crippen LogP contribution < -0.4 is 0 Å². The third-order valence-electron chi connectivity index (χ3n) is 2.36. The molecule has 0 saturated carbocycles. The highest BCUT2D eigenvalue weighted by Crippen LogP contribution is 2.17. The van der Waals surface area contributed by atoms with Crippen molar-refractivity contribution >= 4 is 0 Å². The van der Waals surface area contributed by atoms with Crippen LogP contribution >= 0.6 is 0 Å². The molecule has 0 aliphatic carbocycles. The highest BCUT2D eigenvalue weighted by molar-refractivity contribution is 5.24. The zero-order chi connectivity index (χ0) is 10.0. The largest absolute Gasteiger partial charge is 0.392 e. The molecule has 0 bridgehead atoms. The zero-order valence-electron chi connectivity index (χ0n) is 8.41. The van der Waals surface area contributed by atoms with Gasteiger partial charge in [0.25, 0.3) is 0 Å². The van der Waals surface area contributed by atoms with Gasteiger partial charge in [-0.3, -0.25) is 4.68 Å². The molecule has 0 aliphatic heterocycles. The van der Waals surface area contributed by atoms with Gasteiger partial charge in [-0.25, -0.2) is 0 Å². The summed E-state index contributed by atoms with van der Waals surface area (Å²) in [5.74, 6) is 0. The molecule has 1 unspecified atom stereocenters. The molecule has 1 atom stereocenters. The molecule has 1 aromatic heterocycles. The molecule has 3 nitrogen and oxygen atoms in total. The number of hydrogen-bond donors (Lipinski definition) is 1. The van der Waals surface area contributed by atoms with Crippen molar-refractivity contribution in [3.8, 4) is 0 Å². The SMILES string of the molecule is C=CC(C)n1nc(C)c(CO)c1C. The van der Waals surface area contributed by atoms with Crippen LogP contribution in [0.3, 0.4) is 0 Å². The van der Waals surface area contributed by atoms with E-state index in [0.29, 0.717) is 0 Å². The fourth-order valence-corrected chi connectivity index (χ4v) is 1.42. The first kappa shape index (κ1) is 9.99. The van der Waals surface area contributed by atoms with Crippen molar-refractivity contribution in [3.05, 3.63) is 29.6 Å². The Bertz CT molecular complexity index is 315. The minimum atomic E-state index is 0.0571. The van der Waals surface area contributed by atoms with Crippen molar-refractivity contribution < 1.29 is 5.11 Å². The Morgan fingerprint density at radius 1 is 1.62 bits per heavy atom. The second-order valence-corrected chi connectivity index (χ2v) is 3.23. The fraction of sp³-hybridized carbons (Fsp3) is 0.500. The van der Waals surface area contributed by atoms with Crippen molar-refractivity contribution in [2.24, 2.45) is 0 Å². The Morgan fingerprint density at radius 3 is 2.62 bits per heavy atom. The van der Waals surface area contributed by atoms with Crippen LogP contribution in [-0.4, -0.2) is 14.9 Å². The van der Waals surface area contributed by atoms with E-state index >= 15 is 0 Å². The van der Waals surface area contributed by atoms with Gasteiger partial charge in [0.15, 0.2) is 0 Å². The zero-order valence-corrected chi connectivity index (χ0v) is 8.41. The molecular formula is C10H16N2O. The Morgan fingerprint density at radius 2 is 2.23 bits per heavy atom. The molecule has 3 heteroatoms. The molecule has 1 heterocycles. The monoisotopic (exact) mass is 180 g/mol. The molecule has 1 rings (SSSR count). The quantitative estimate of drug-likeness (QED) is 0.719. The summed E-state index contributed by atoms with van der Waals surface area (Å²) in [6.45, 7) is 9.67. The number of nitrogens with zero attached hydrogens (tertiary/aromatic N) is 2. The topological polar surface area (TPSA) is 38.0 Å². The van der Waals surface area contributed by atoms with Gasteiger partial charge in [-0.05, 0) is 20.8 Å².